The van der Waals surface area contributed by atoms with Crippen molar-refractivity contribution < 1.29 is 22.1 Å². The van der Waals surface area contributed by atoms with E-state index in [-0.39, 0.29) is 17.7 Å². The van der Waals surface area contributed by atoms with Crippen LogP contribution in [-0.2, 0) is 16.7 Å². The van der Waals surface area contributed by atoms with Gasteiger partial charge in [0.15, 0.2) is 11.5 Å². The summed E-state index contributed by atoms with van der Waals surface area (Å²) in [4.78, 5) is 14.6. The van der Waals surface area contributed by atoms with Gasteiger partial charge in [0.1, 0.15) is 0 Å². The van der Waals surface area contributed by atoms with Gasteiger partial charge in [-0.15, -0.1) is 0 Å². The number of amides is 1. The molecule has 2 rings (SSSR count). The summed E-state index contributed by atoms with van der Waals surface area (Å²) in [6.07, 6.45) is 0.973. The SMILES string of the molecule is COc1ccc(CN(C(=O)c2ccc(C)cc2)C(C)C)cc1OS(C)(=O)=O. The average Bonchev–Trinajstić information content (AvgIpc) is 2.58. The van der Waals surface area contributed by atoms with Gasteiger partial charge in [-0.1, -0.05) is 23.8 Å². The Morgan fingerprint density at radius 3 is 2.22 bits per heavy atom. The molecule has 2 aromatic rings. The second kappa shape index (κ2) is 8.43. The first kappa shape index (κ1) is 20.8. The highest BCUT2D eigenvalue weighted by Crippen LogP contribution is 2.30. The van der Waals surface area contributed by atoms with Crippen molar-refractivity contribution >= 4 is 16.0 Å². The van der Waals surface area contributed by atoms with Crippen molar-refractivity contribution in [2.45, 2.75) is 33.4 Å². The summed E-state index contributed by atoms with van der Waals surface area (Å²) in [7, 11) is -2.26. The summed E-state index contributed by atoms with van der Waals surface area (Å²) >= 11 is 0. The number of ether oxygens (including phenoxy) is 1. The molecule has 0 N–H and O–H groups in total. The van der Waals surface area contributed by atoms with E-state index < -0.39 is 10.1 Å². The summed E-state index contributed by atoms with van der Waals surface area (Å²) in [5, 5.41) is 0. The quantitative estimate of drug-likeness (QED) is 0.677. The van der Waals surface area contributed by atoms with Crippen LogP contribution in [0.4, 0.5) is 0 Å². The number of aryl methyl sites for hydroxylation is 1. The molecule has 0 aromatic heterocycles. The third kappa shape index (κ3) is 5.72. The van der Waals surface area contributed by atoms with Gasteiger partial charge in [0, 0.05) is 18.2 Å². The summed E-state index contributed by atoms with van der Waals surface area (Å²) in [6.45, 7) is 6.15. The molecule has 146 valence electrons. The van der Waals surface area contributed by atoms with Crippen LogP contribution < -0.4 is 8.92 Å². The molecule has 0 saturated carbocycles. The Hall–Kier alpha value is -2.54. The van der Waals surface area contributed by atoms with Gasteiger partial charge in [0.25, 0.3) is 5.91 Å². The summed E-state index contributed by atoms with van der Waals surface area (Å²) in [5.41, 5.74) is 2.43. The molecule has 6 nitrogen and oxygen atoms in total. The molecule has 1 amide bonds. The van der Waals surface area contributed by atoms with Gasteiger partial charge in [-0.3, -0.25) is 4.79 Å². The molecule has 2 aromatic carbocycles. The van der Waals surface area contributed by atoms with E-state index in [9.17, 15) is 13.2 Å². The van der Waals surface area contributed by atoms with Crippen LogP contribution in [0.3, 0.4) is 0 Å². The van der Waals surface area contributed by atoms with Gasteiger partial charge in [-0.25, -0.2) is 0 Å². The lowest BCUT2D eigenvalue weighted by Crippen LogP contribution is -2.36. The molecular formula is C20H25NO5S. The average molecular weight is 391 g/mol. The maximum Gasteiger partial charge on any atom is 0.306 e. The maximum absolute atomic E-state index is 12.9. The van der Waals surface area contributed by atoms with Crippen LogP contribution in [0.25, 0.3) is 0 Å². The molecule has 0 spiro atoms. The van der Waals surface area contributed by atoms with Crippen molar-refractivity contribution in [2.24, 2.45) is 0 Å². The zero-order valence-corrected chi connectivity index (χ0v) is 17.0. The van der Waals surface area contributed by atoms with E-state index in [0.29, 0.717) is 17.9 Å². The third-order valence-corrected chi connectivity index (χ3v) is 4.49. The van der Waals surface area contributed by atoms with E-state index in [1.54, 1.807) is 35.2 Å². The fourth-order valence-electron chi connectivity index (χ4n) is 2.60. The van der Waals surface area contributed by atoms with Gasteiger partial charge in [0.2, 0.25) is 0 Å². The molecule has 0 aliphatic rings. The summed E-state index contributed by atoms with van der Waals surface area (Å²) in [5.74, 6) is 0.320. The highest BCUT2D eigenvalue weighted by molar-refractivity contribution is 7.86. The second-order valence-corrected chi connectivity index (χ2v) is 8.24. The van der Waals surface area contributed by atoms with Crippen molar-refractivity contribution in [3.05, 3.63) is 59.2 Å². The number of methoxy groups -OCH3 is 1. The van der Waals surface area contributed by atoms with Gasteiger partial charge >= 0.3 is 10.1 Å². The summed E-state index contributed by atoms with van der Waals surface area (Å²) < 4.78 is 33.1. The first-order valence-electron chi connectivity index (χ1n) is 8.54. The van der Waals surface area contributed by atoms with Gasteiger partial charge in [0.05, 0.1) is 13.4 Å². The zero-order chi connectivity index (χ0) is 20.2. The van der Waals surface area contributed by atoms with E-state index >= 15 is 0 Å². The minimum Gasteiger partial charge on any atom is -0.493 e. The first-order chi connectivity index (χ1) is 12.6. The molecule has 0 aliphatic carbocycles. The molecule has 7 heteroatoms. The predicted molar refractivity (Wildman–Crippen MR) is 105 cm³/mol. The third-order valence-electron chi connectivity index (χ3n) is 4.00. The van der Waals surface area contributed by atoms with E-state index in [1.165, 1.54) is 7.11 Å². The Morgan fingerprint density at radius 2 is 1.70 bits per heavy atom. The molecule has 0 unspecified atom stereocenters. The molecule has 0 atom stereocenters. The number of hydrogen-bond acceptors (Lipinski definition) is 5. The Kier molecular flexibility index (Phi) is 6.49. The fourth-order valence-corrected chi connectivity index (χ4v) is 3.05. The highest BCUT2D eigenvalue weighted by atomic mass is 32.2. The zero-order valence-electron chi connectivity index (χ0n) is 16.2. The monoisotopic (exact) mass is 391 g/mol. The minimum absolute atomic E-state index is 0.0415. The Morgan fingerprint density at radius 1 is 1.07 bits per heavy atom. The van der Waals surface area contributed by atoms with Crippen molar-refractivity contribution in [3.8, 4) is 11.5 Å². The number of carbonyl (C=O) groups excluding carboxylic acids is 1. The van der Waals surface area contributed by atoms with Crippen LogP contribution in [0.5, 0.6) is 11.5 Å². The fraction of sp³-hybridized carbons (Fsp3) is 0.350. The Labute approximate surface area is 160 Å². The lowest BCUT2D eigenvalue weighted by atomic mass is 10.1. The molecule has 0 radical (unpaired) electrons. The number of rotatable bonds is 7. The van der Waals surface area contributed by atoms with E-state index in [1.807, 2.05) is 32.9 Å². The molecular weight excluding hydrogens is 366 g/mol. The molecule has 0 saturated heterocycles. The number of carbonyl (C=O) groups is 1. The second-order valence-electron chi connectivity index (χ2n) is 6.67. The largest absolute Gasteiger partial charge is 0.493 e. The van der Waals surface area contributed by atoms with Crippen LogP contribution >= 0.6 is 0 Å². The predicted octanol–water partition coefficient (Wildman–Crippen LogP) is 3.39. The Balaban J connectivity index is 2.31. The van der Waals surface area contributed by atoms with E-state index in [2.05, 4.69) is 0 Å². The number of benzene rings is 2. The van der Waals surface area contributed by atoms with E-state index in [4.69, 9.17) is 8.92 Å². The minimum atomic E-state index is -3.70. The summed E-state index contributed by atoms with van der Waals surface area (Å²) in [6, 6.07) is 12.4. The lowest BCUT2D eigenvalue weighted by Gasteiger charge is -2.27. The van der Waals surface area contributed by atoms with Crippen LogP contribution in [-0.4, -0.2) is 38.6 Å². The topological polar surface area (TPSA) is 72.9 Å². The Bertz CT molecular complexity index is 904. The van der Waals surface area contributed by atoms with Crippen molar-refractivity contribution in [1.29, 1.82) is 0 Å². The molecule has 0 fully saturated rings. The molecule has 0 heterocycles. The number of hydrogen-bond donors (Lipinski definition) is 0. The standard InChI is InChI=1S/C20H25NO5S/c1-14(2)21(20(22)17-9-6-15(3)7-10-17)13-16-8-11-18(25-4)19(12-16)26-27(5,23)24/h6-12,14H,13H2,1-5H3. The van der Waals surface area contributed by atoms with Gasteiger partial charge < -0.3 is 13.8 Å². The van der Waals surface area contributed by atoms with Gasteiger partial charge in [-0.05, 0) is 50.6 Å². The smallest absolute Gasteiger partial charge is 0.306 e. The number of nitrogens with zero attached hydrogens (tertiary/aromatic N) is 1. The molecule has 27 heavy (non-hydrogen) atoms. The lowest BCUT2D eigenvalue weighted by molar-refractivity contribution is 0.0690. The van der Waals surface area contributed by atoms with Crippen LogP contribution in [0.2, 0.25) is 0 Å². The van der Waals surface area contributed by atoms with E-state index in [0.717, 1.165) is 17.4 Å². The van der Waals surface area contributed by atoms with Crippen molar-refractivity contribution in [2.75, 3.05) is 13.4 Å². The van der Waals surface area contributed by atoms with Crippen LogP contribution in [0.1, 0.15) is 35.3 Å². The highest BCUT2D eigenvalue weighted by Gasteiger charge is 2.20. The first-order valence-corrected chi connectivity index (χ1v) is 10.4. The molecule has 0 aliphatic heterocycles. The van der Waals surface area contributed by atoms with Crippen LogP contribution in [0.15, 0.2) is 42.5 Å². The normalized spacial score (nSPS) is 11.3. The van der Waals surface area contributed by atoms with Crippen molar-refractivity contribution in [1.82, 2.24) is 4.90 Å². The van der Waals surface area contributed by atoms with Gasteiger partial charge in [-0.2, -0.15) is 8.42 Å². The maximum atomic E-state index is 12.9. The molecule has 0 bridgehead atoms. The van der Waals surface area contributed by atoms with Crippen molar-refractivity contribution in [3.63, 3.8) is 0 Å². The van der Waals surface area contributed by atoms with Crippen LogP contribution in [0, 0.1) is 6.92 Å².